The smallest absolute Gasteiger partial charge is 0.397 e. The summed E-state index contributed by atoms with van der Waals surface area (Å²) in [4.78, 5) is 32.7. The van der Waals surface area contributed by atoms with Crippen LogP contribution in [0.5, 0.6) is 0 Å². The highest BCUT2D eigenvalue weighted by molar-refractivity contribution is 6.36. The van der Waals surface area contributed by atoms with E-state index in [0.29, 0.717) is 0 Å². The number of carbonyl (C=O) groups is 3. The third-order valence-corrected chi connectivity index (χ3v) is 1.14. The molecule has 0 spiro atoms. The molecule has 5 nitrogen and oxygen atoms in total. The van der Waals surface area contributed by atoms with Gasteiger partial charge in [0.25, 0.3) is 5.91 Å². The number of imide groups is 1. The van der Waals surface area contributed by atoms with Crippen LogP contribution in [0.4, 0.5) is 0 Å². The van der Waals surface area contributed by atoms with E-state index in [2.05, 4.69) is 11.3 Å². The van der Waals surface area contributed by atoms with Gasteiger partial charge < -0.3 is 4.74 Å². The molecule has 0 aromatic carbocycles. The van der Waals surface area contributed by atoms with Crippen LogP contribution in [0.1, 0.15) is 20.8 Å². The Bertz CT molecular complexity index is 281. The van der Waals surface area contributed by atoms with E-state index in [1.165, 1.54) is 6.92 Å². The third-order valence-electron chi connectivity index (χ3n) is 1.14. The van der Waals surface area contributed by atoms with Gasteiger partial charge >= 0.3 is 11.9 Å². The zero-order valence-corrected chi connectivity index (χ0v) is 8.42. The number of amides is 2. The Kier molecular flexibility index (Phi) is 4.55. The van der Waals surface area contributed by atoms with Crippen molar-refractivity contribution in [3.05, 3.63) is 12.2 Å². The number of hydrogen-bond donors (Lipinski definition) is 1. The molecule has 0 atom stereocenters. The summed E-state index contributed by atoms with van der Waals surface area (Å²) in [6.45, 7) is 7.94. The summed E-state index contributed by atoms with van der Waals surface area (Å²) in [5.41, 5.74) is 0.149. The average Bonchev–Trinajstić information content (AvgIpc) is 2.02. The molecule has 5 heteroatoms. The molecule has 0 rings (SSSR count). The Morgan fingerprint density at radius 2 is 1.71 bits per heavy atom. The molecule has 0 saturated heterocycles. The first-order valence-electron chi connectivity index (χ1n) is 4.06. The van der Waals surface area contributed by atoms with Crippen molar-refractivity contribution in [2.24, 2.45) is 0 Å². The van der Waals surface area contributed by atoms with Gasteiger partial charge in [-0.15, -0.1) is 0 Å². The Hall–Kier alpha value is -1.65. The molecule has 0 radical (unpaired) electrons. The first kappa shape index (κ1) is 12.3. The second kappa shape index (κ2) is 5.16. The van der Waals surface area contributed by atoms with Gasteiger partial charge in [0.1, 0.15) is 0 Å². The van der Waals surface area contributed by atoms with Crippen molar-refractivity contribution < 1.29 is 19.1 Å². The lowest BCUT2D eigenvalue weighted by molar-refractivity contribution is -0.158. The summed E-state index contributed by atoms with van der Waals surface area (Å²) in [5.74, 6) is -2.84. The molecule has 0 aliphatic carbocycles. The first-order chi connectivity index (χ1) is 6.34. The molecule has 0 aliphatic heterocycles. The highest BCUT2D eigenvalue weighted by Crippen LogP contribution is 1.90. The second-order valence-corrected chi connectivity index (χ2v) is 3.02. The molecule has 14 heavy (non-hydrogen) atoms. The monoisotopic (exact) mass is 199 g/mol. The van der Waals surface area contributed by atoms with E-state index in [0.717, 1.165) is 0 Å². The van der Waals surface area contributed by atoms with E-state index in [9.17, 15) is 14.4 Å². The van der Waals surface area contributed by atoms with Crippen LogP contribution in [-0.2, 0) is 19.1 Å². The molecule has 0 heterocycles. The fraction of sp³-hybridized carbons (Fsp3) is 0.444. The Morgan fingerprint density at radius 3 is 2.07 bits per heavy atom. The standard InChI is InChI=1S/C9H13NO4/c1-5(2)7(11)10-8(12)9(13)14-6(3)4/h6H,1H2,2-4H3,(H,10,11,12). The third kappa shape index (κ3) is 4.39. The molecule has 0 unspecified atom stereocenters. The highest BCUT2D eigenvalue weighted by atomic mass is 16.5. The first-order valence-corrected chi connectivity index (χ1v) is 4.06. The summed E-state index contributed by atoms with van der Waals surface area (Å²) < 4.78 is 4.56. The topological polar surface area (TPSA) is 72.5 Å². The van der Waals surface area contributed by atoms with E-state index < -0.39 is 23.9 Å². The van der Waals surface area contributed by atoms with Gasteiger partial charge in [0.15, 0.2) is 0 Å². The minimum Gasteiger partial charge on any atom is -0.456 e. The number of ether oxygens (including phenoxy) is 1. The minimum absolute atomic E-state index is 0.149. The molecule has 1 N–H and O–H groups in total. The fourth-order valence-electron chi connectivity index (χ4n) is 0.528. The fourth-order valence-corrected chi connectivity index (χ4v) is 0.528. The van der Waals surface area contributed by atoms with Gasteiger partial charge in [0, 0.05) is 5.57 Å². The van der Waals surface area contributed by atoms with Gasteiger partial charge in [-0.1, -0.05) is 6.58 Å². The number of esters is 1. The van der Waals surface area contributed by atoms with E-state index in [4.69, 9.17) is 0 Å². The molecule has 78 valence electrons. The molecule has 0 aromatic rings. The highest BCUT2D eigenvalue weighted by Gasteiger charge is 2.19. The molecule has 0 saturated carbocycles. The molecule has 0 fully saturated rings. The maximum atomic E-state index is 10.9. The van der Waals surface area contributed by atoms with Crippen LogP contribution in [-0.4, -0.2) is 23.9 Å². The van der Waals surface area contributed by atoms with Gasteiger partial charge in [-0.3, -0.25) is 14.9 Å². The van der Waals surface area contributed by atoms with E-state index in [-0.39, 0.29) is 5.57 Å². The average molecular weight is 199 g/mol. The van der Waals surface area contributed by atoms with Crippen LogP contribution < -0.4 is 5.32 Å². The molecular weight excluding hydrogens is 186 g/mol. The van der Waals surface area contributed by atoms with Crippen molar-refractivity contribution in [2.45, 2.75) is 26.9 Å². The van der Waals surface area contributed by atoms with E-state index in [1.807, 2.05) is 5.32 Å². The Labute approximate surface area is 82.1 Å². The molecule has 0 bridgehead atoms. The van der Waals surface area contributed by atoms with E-state index in [1.54, 1.807) is 13.8 Å². The minimum atomic E-state index is -1.08. The van der Waals surface area contributed by atoms with E-state index >= 15 is 0 Å². The van der Waals surface area contributed by atoms with Crippen molar-refractivity contribution in [3.8, 4) is 0 Å². The second-order valence-electron chi connectivity index (χ2n) is 3.02. The maximum absolute atomic E-state index is 10.9. The number of nitrogens with one attached hydrogen (secondary N) is 1. The molecule has 0 aromatic heterocycles. The normalized spacial score (nSPS) is 9.43. The number of carbonyl (C=O) groups excluding carboxylic acids is 3. The predicted octanol–water partition coefficient (Wildman–Crippen LogP) is 0.157. The van der Waals surface area contributed by atoms with Crippen molar-refractivity contribution in [3.63, 3.8) is 0 Å². The summed E-state index contributed by atoms with van der Waals surface area (Å²) in [5, 5.41) is 1.83. The largest absolute Gasteiger partial charge is 0.456 e. The quantitative estimate of drug-likeness (QED) is 0.390. The Morgan fingerprint density at radius 1 is 1.21 bits per heavy atom. The zero-order chi connectivity index (χ0) is 11.3. The van der Waals surface area contributed by atoms with Crippen LogP contribution >= 0.6 is 0 Å². The Balaban J connectivity index is 4.16. The van der Waals surface area contributed by atoms with Gasteiger partial charge in [0.2, 0.25) is 0 Å². The van der Waals surface area contributed by atoms with Crippen molar-refractivity contribution in [1.29, 1.82) is 0 Å². The lowest BCUT2D eigenvalue weighted by Gasteiger charge is -2.07. The van der Waals surface area contributed by atoms with Gasteiger partial charge in [-0.2, -0.15) is 0 Å². The summed E-state index contributed by atoms with van der Waals surface area (Å²) >= 11 is 0. The predicted molar refractivity (Wildman–Crippen MR) is 49.2 cm³/mol. The van der Waals surface area contributed by atoms with Crippen molar-refractivity contribution >= 4 is 17.8 Å². The summed E-state index contributed by atoms with van der Waals surface area (Å²) in [6.07, 6.45) is -0.395. The SMILES string of the molecule is C=C(C)C(=O)NC(=O)C(=O)OC(C)C. The van der Waals surface area contributed by atoms with Crippen molar-refractivity contribution in [1.82, 2.24) is 5.32 Å². The van der Waals surface area contributed by atoms with Crippen LogP contribution in [0.25, 0.3) is 0 Å². The number of hydrogen-bond acceptors (Lipinski definition) is 4. The van der Waals surface area contributed by atoms with Gasteiger partial charge in [0.05, 0.1) is 6.10 Å². The van der Waals surface area contributed by atoms with Crippen molar-refractivity contribution in [2.75, 3.05) is 0 Å². The molecule has 0 aliphatic rings. The lowest BCUT2D eigenvalue weighted by atomic mass is 10.3. The van der Waals surface area contributed by atoms with Crippen LogP contribution in [0, 0.1) is 0 Å². The van der Waals surface area contributed by atoms with Crippen LogP contribution in [0.15, 0.2) is 12.2 Å². The number of rotatable bonds is 2. The van der Waals surface area contributed by atoms with Gasteiger partial charge in [-0.05, 0) is 20.8 Å². The lowest BCUT2D eigenvalue weighted by Crippen LogP contribution is -2.38. The summed E-state index contributed by atoms with van der Waals surface area (Å²) in [7, 11) is 0. The van der Waals surface area contributed by atoms with Crippen LogP contribution in [0.2, 0.25) is 0 Å². The summed E-state index contributed by atoms with van der Waals surface area (Å²) in [6, 6.07) is 0. The van der Waals surface area contributed by atoms with Gasteiger partial charge in [-0.25, -0.2) is 4.79 Å². The van der Waals surface area contributed by atoms with Crippen LogP contribution in [0.3, 0.4) is 0 Å². The molecule has 2 amide bonds. The zero-order valence-electron chi connectivity index (χ0n) is 8.42. The maximum Gasteiger partial charge on any atom is 0.397 e. The molecular formula is C9H13NO4.